The first-order valence-corrected chi connectivity index (χ1v) is 32.9. The topological polar surface area (TPSA) is 95.9 Å². The van der Waals surface area contributed by atoms with E-state index in [4.69, 9.17) is 4.74 Å². The van der Waals surface area contributed by atoms with Crippen molar-refractivity contribution in [2.75, 3.05) is 13.2 Å². The van der Waals surface area contributed by atoms with Crippen LogP contribution in [0.5, 0.6) is 0 Å². The molecule has 0 spiro atoms. The molecule has 0 aromatic carbocycles. The zero-order chi connectivity index (χ0) is 52.2. The summed E-state index contributed by atoms with van der Waals surface area (Å²) in [5, 5.41) is 23.4. The molecule has 0 saturated carbocycles. The van der Waals surface area contributed by atoms with E-state index in [1.807, 2.05) is 0 Å². The average Bonchev–Trinajstić information content (AvgIpc) is 3.38. The van der Waals surface area contributed by atoms with E-state index >= 15 is 0 Å². The van der Waals surface area contributed by atoms with Crippen LogP contribution in [0.25, 0.3) is 0 Å². The maximum Gasteiger partial charge on any atom is 0.305 e. The van der Waals surface area contributed by atoms with Gasteiger partial charge in [-0.2, -0.15) is 0 Å². The van der Waals surface area contributed by atoms with Gasteiger partial charge in [0.2, 0.25) is 5.91 Å². The van der Waals surface area contributed by atoms with Gasteiger partial charge in [-0.25, -0.2) is 0 Å². The number of aliphatic hydroxyl groups excluding tert-OH is 2. The summed E-state index contributed by atoms with van der Waals surface area (Å²) in [5.41, 5.74) is 0. The maximum absolute atomic E-state index is 12.5. The third-order valence-electron chi connectivity index (χ3n) is 15.6. The van der Waals surface area contributed by atoms with Gasteiger partial charge in [0.15, 0.2) is 0 Å². The molecule has 2 atom stereocenters. The molecular formula is C66H129NO5. The van der Waals surface area contributed by atoms with Crippen LogP contribution < -0.4 is 5.32 Å². The highest BCUT2D eigenvalue weighted by atomic mass is 16.5. The van der Waals surface area contributed by atoms with Crippen LogP contribution in [0.15, 0.2) is 12.2 Å². The van der Waals surface area contributed by atoms with Gasteiger partial charge in [0.1, 0.15) is 0 Å². The molecule has 0 heterocycles. The molecule has 0 rings (SSSR count). The Morgan fingerprint density at radius 1 is 0.375 bits per heavy atom. The van der Waals surface area contributed by atoms with E-state index in [1.54, 1.807) is 0 Å². The van der Waals surface area contributed by atoms with E-state index in [-0.39, 0.29) is 18.5 Å². The van der Waals surface area contributed by atoms with Gasteiger partial charge in [-0.1, -0.05) is 321 Å². The number of rotatable bonds is 62. The summed E-state index contributed by atoms with van der Waals surface area (Å²) in [5.74, 6) is -0.0293. The Bertz CT molecular complexity index is 1080. The lowest BCUT2D eigenvalue weighted by Crippen LogP contribution is -2.45. The van der Waals surface area contributed by atoms with Crippen LogP contribution in [0, 0.1) is 0 Å². The van der Waals surface area contributed by atoms with Crippen LogP contribution in [0.3, 0.4) is 0 Å². The van der Waals surface area contributed by atoms with Gasteiger partial charge in [-0.3, -0.25) is 9.59 Å². The average molecular weight is 1020 g/mol. The van der Waals surface area contributed by atoms with Crippen molar-refractivity contribution in [2.45, 2.75) is 386 Å². The molecule has 0 aromatic heterocycles. The standard InChI is InChI=1S/C66H129NO5/c1-3-5-7-9-11-13-15-16-17-18-19-20-21-23-26-29-32-35-39-42-46-50-54-58-64(69)63(62-68)67-65(70)59-55-51-47-43-40-36-33-30-27-24-22-25-28-31-34-37-41-45-49-53-57-61-72-66(71)60-56-52-48-44-38-14-12-10-8-6-4-2/h24,27,63-64,68-69H,3-23,25-26,28-62H2,1-2H3,(H,67,70)/b27-24-. The van der Waals surface area contributed by atoms with Crippen molar-refractivity contribution in [2.24, 2.45) is 0 Å². The fourth-order valence-electron chi connectivity index (χ4n) is 10.5. The zero-order valence-corrected chi connectivity index (χ0v) is 48.9. The van der Waals surface area contributed by atoms with Crippen LogP contribution in [-0.4, -0.2) is 47.4 Å². The minimum Gasteiger partial charge on any atom is -0.466 e. The lowest BCUT2D eigenvalue weighted by Gasteiger charge is -2.22. The first-order valence-electron chi connectivity index (χ1n) is 32.9. The van der Waals surface area contributed by atoms with Crippen molar-refractivity contribution in [3.05, 3.63) is 12.2 Å². The Morgan fingerprint density at radius 2 is 0.653 bits per heavy atom. The Balaban J connectivity index is 3.42. The van der Waals surface area contributed by atoms with Crippen molar-refractivity contribution in [3.8, 4) is 0 Å². The lowest BCUT2D eigenvalue weighted by molar-refractivity contribution is -0.143. The van der Waals surface area contributed by atoms with E-state index < -0.39 is 12.1 Å². The Labute approximate surface area is 450 Å². The highest BCUT2D eigenvalue weighted by Gasteiger charge is 2.20. The highest BCUT2D eigenvalue weighted by Crippen LogP contribution is 2.18. The summed E-state index contributed by atoms with van der Waals surface area (Å²) in [4.78, 5) is 24.5. The van der Waals surface area contributed by atoms with Gasteiger partial charge >= 0.3 is 5.97 Å². The number of esters is 1. The fraction of sp³-hybridized carbons (Fsp3) is 0.939. The second-order valence-electron chi connectivity index (χ2n) is 22.8. The predicted octanol–water partition coefficient (Wildman–Crippen LogP) is 20.8. The summed E-state index contributed by atoms with van der Waals surface area (Å²) in [6.07, 6.45) is 75.2. The molecule has 428 valence electrons. The Morgan fingerprint density at radius 3 is 0.986 bits per heavy atom. The minimum atomic E-state index is -0.670. The largest absolute Gasteiger partial charge is 0.466 e. The quantitative estimate of drug-likeness (QED) is 0.0320. The smallest absolute Gasteiger partial charge is 0.305 e. The van der Waals surface area contributed by atoms with Gasteiger partial charge < -0.3 is 20.3 Å². The monoisotopic (exact) mass is 1020 g/mol. The van der Waals surface area contributed by atoms with Crippen LogP contribution in [0.4, 0.5) is 0 Å². The summed E-state index contributed by atoms with van der Waals surface area (Å²) in [6.45, 7) is 4.98. The van der Waals surface area contributed by atoms with E-state index in [2.05, 4.69) is 31.3 Å². The number of unbranched alkanes of at least 4 members (excludes halogenated alkanes) is 49. The number of amides is 1. The SMILES string of the molecule is CCCCCCCCCCCCCCCCCCCCCCCCCC(O)C(CO)NC(=O)CCCCCCCCC/C=C\CCCCCCCCCCCCOC(=O)CCCCCCCCCCCCC. The number of hydrogen-bond acceptors (Lipinski definition) is 5. The predicted molar refractivity (Wildman–Crippen MR) is 315 cm³/mol. The van der Waals surface area contributed by atoms with Crippen molar-refractivity contribution >= 4 is 11.9 Å². The molecule has 0 aliphatic rings. The number of nitrogens with one attached hydrogen (secondary N) is 1. The first kappa shape index (κ1) is 70.6. The molecule has 0 aliphatic heterocycles. The second-order valence-corrected chi connectivity index (χ2v) is 22.8. The van der Waals surface area contributed by atoms with Gasteiger partial charge in [0, 0.05) is 12.8 Å². The molecule has 72 heavy (non-hydrogen) atoms. The zero-order valence-electron chi connectivity index (χ0n) is 48.9. The third kappa shape index (κ3) is 57.9. The number of allylic oxidation sites excluding steroid dienone is 2. The third-order valence-corrected chi connectivity index (χ3v) is 15.6. The van der Waals surface area contributed by atoms with E-state index in [1.165, 1.54) is 302 Å². The van der Waals surface area contributed by atoms with Gasteiger partial charge in [-0.05, 0) is 51.4 Å². The highest BCUT2D eigenvalue weighted by molar-refractivity contribution is 5.76. The van der Waals surface area contributed by atoms with Crippen molar-refractivity contribution in [1.82, 2.24) is 5.32 Å². The fourth-order valence-corrected chi connectivity index (χ4v) is 10.5. The van der Waals surface area contributed by atoms with Crippen molar-refractivity contribution in [3.63, 3.8) is 0 Å². The molecule has 3 N–H and O–H groups in total. The van der Waals surface area contributed by atoms with E-state index in [0.29, 0.717) is 25.9 Å². The van der Waals surface area contributed by atoms with E-state index in [9.17, 15) is 19.8 Å². The first-order chi connectivity index (χ1) is 35.5. The molecule has 2 unspecified atom stereocenters. The molecule has 0 bridgehead atoms. The summed E-state index contributed by atoms with van der Waals surface area (Å²) in [6, 6.07) is -0.547. The second kappa shape index (κ2) is 62.1. The Hall–Kier alpha value is -1.40. The van der Waals surface area contributed by atoms with Crippen molar-refractivity contribution < 1.29 is 24.5 Å². The molecule has 6 nitrogen and oxygen atoms in total. The molecule has 0 saturated heterocycles. The number of carbonyl (C=O) groups excluding carboxylic acids is 2. The number of carbonyl (C=O) groups is 2. The molecule has 6 heteroatoms. The lowest BCUT2D eigenvalue weighted by atomic mass is 10.0. The van der Waals surface area contributed by atoms with Crippen LogP contribution >= 0.6 is 0 Å². The molecule has 0 aromatic rings. The van der Waals surface area contributed by atoms with Crippen LogP contribution in [-0.2, 0) is 14.3 Å². The van der Waals surface area contributed by atoms with E-state index in [0.717, 1.165) is 38.5 Å². The van der Waals surface area contributed by atoms with Crippen LogP contribution in [0.1, 0.15) is 373 Å². The molecule has 0 aliphatic carbocycles. The summed E-state index contributed by atoms with van der Waals surface area (Å²) >= 11 is 0. The van der Waals surface area contributed by atoms with Crippen LogP contribution in [0.2, 0.25) is 0 Å². The number of aliphatic hydroxyl groups is 2. The van der Waals surface area contributed by atoms with Crippen molar-refractivity contribution in [1.29, 1.82) is 0 Å². The molecular weight excluding hydrogens is 887 g/mol. The van der Waals surface area contributed by atoms with Gasteiger partial charge in [0.05, 0.1) is 25.4 Å². The normalized spacial score (nSPS) is 12.6. The summed E-state index contributed by atoms with van der Waals surface area (Å²) < 4.78 is 5.47. The molecule has 0 fully saturated rings. The minimum absolute atomic E-state index is 0.00891. The molecule has 1 amide bonds. The van der Waals surface area contributed by atoms with Gasteiger partial charge in [-0.15, -0.1) is 0 Å². The summed E-state index contributed by atoms with van der Waals surface area (Å²) in [7, 11) is 0. The Kier molecular flexibility index (Phi) is 60.9. The van der Waals surface area contributed by atoms with Gasteiger partial charge in [0.25, 0.3) is 0 Å². The number of ether oxygens (including phenoxy) is 1. The maximum atomic E-state index is 12.5. The molecule has 0 radical (unpaired) electrons. The number of hydrogen-bond donors (Lipinski definition) is 3.